The zero-order valence-corrected chi connectivity index (χ0v) is 11.7. The zero-order valence-electron chi connectivity index (χ0n) is 11.7. The molecule has 1 aliphatic heterocycles. The summed E-state index contributed by atoms with van der Waals surface area (Å²) in [6.07, 6.45) is -5.60. The predicted octanol–water partition coefficient (Wildman–Crippen LogP) is -0.481. The molecule has 0 aromatic carbocycles. The number of aliphatic hydroxyl groups excluding tert-OH is 1. The van der Waals surface area contributed by atoms with Crippen LogP contribution in [0.5, 0.6) is 0 Å². The van der Waals surface area contributed by atoms with Crippen LogP contribution in [0.15, 0.2) is 0 Å². The predicted molar refractivity (Wildman–Crippen MR) is 63.2 cm³/mol. The fourth-order valence-electron chi connectivity index (χ4n) is 1.99. The summed E-state index contributed by atoms with van der Waals surface area (Å²) < 4.78 is 20.1. The van der Waals surface area contributed by atoms with Crippen LogP contribution in [0.1, 0.15) is 27.7 Å². The van der Waals surface area contributed by atoms with E-state index in [-0.39, 0.29) is 0 Å². The number of hydrogen-bond acceptors (Lipinski definition) is 8. The first-order valence-corrected chi connectivity index (χ1v) is 6.07. The quantitative estimate of drug-likeness (QED) is 0.548. The number of rotatable bonds is 3. The summed E-state index contributed by atoms with van der Waals surface area (Å²) in [5, 5.41) is 9.79. The third kappa shape index (κ3) is 4.17. The molecule has 1 N–H and O–H groups in total. The Balaban J connectivity index is 3.01. The van der Waals surface area contributed by atoms with Gasteiger partial charge in [-0.1, -0.05) is 0 Å². The second-order valence-electron chi connectivity index (χ2n) is 4.45. The van der Waals surface area contributed by atoms with Crippen molar-refractivity contribution in [1.82, 2.24) is 0 Å². The van der Waals surface area contributed by atoms with E-state index in [1.54, 1.807) is 0 Å². The van der Waals surface area contributed by atoms with Crippen LogP contribution in [0, 0.1) is 0 Å². The topological polar surface area (TPSA) is 108 Å². The number of hydrogen-bond donors (Lipinski definition) is 1. The lowest BCUT2D eigenvalue weighted by Gasteiger charge is -2.41. The molecule has 8 heteroatoms. The summed E-state index contributed by atoms with van der Waals surface area (Å²) in [6.45, 7) is 5.01. The summed E-state index contributed by atoms with van der Waals surface area (Å²) in [4.78, 5) is 33.3. The standard InChI is InChI=1S/C12H18O8/c1-5-9(18-6(2)13)10(19-7(3)14)11(12(16)17-5)20-8(4)15/h5,9-12,16H,1-4H3/t5-,9-,10+,11-,12-/m1/s1. The van der Waals surface area contributed by atoms with Crippen LogP contribution in [0.25, 0.3) is 0 Å². The van der Waals surface area contributed by atoms with Gasteiger partial charge in [-0.25, -0.2) is 0 Å². The van der Waals surface area contributed by atoms with E-state index in [0.717, 1.165) is 13.8 Å². The summed E-state index contributed by atoms with van der Waals surface area (Å²) in [5.41, 5.74) is 0. The van der Waals surface area contributed by atoms with Crippen molar-refractivity contribution in [3.63, 3.8) is 0 Å². The van der Waals surface area contributed by atoms with Crippen molar-refractivity contribution in [2.45, 2.75) is 58.4 Å². The van der Waals surface area contributed by atoms with E-state index in [0.29, 0.717) is 0 Å². The Hall–Kier alpha value is -1.67. The number of carbonyl (C=O) groups is 3. The van der Waals surface area contributed by atoms with Gasteiger partial charge in [0.05, 0.1) is 6.10 Å². The highest BCUT2D eigenvalue weighted by atomic mass is 16.7. The van der Waals surface area contributed by atoms with Crippen LogP contribution in [0.2, 0.25) is 0 Å². The molecule has 8 nitrogen and oxygen atoms in total. The fourth-order valence-corrected chi connectivity index (χ4v) is 1.99. The van der Waals surface area contributed by atoms with E-state index in [1.165, 1.54) is 13.8 Å². The number of aliphatic hydroxyl groups is 1. The molecule has 1 heterocycles. The Labute approximate surface area is 115 Å². The molecule has 0 aromatic rings. The Morgan fingerprint density at radius 2 is 1.25 bits per heavy atom. The molecule has 0 unspecified atom stereocenters. The fraction of sp³-hybridized carbons (Fsp3) is 0.750. The first kappa shape index (κ1) is 16.4. The van der Waals surface area contributed by atoms with Crippen molar-refractivity contribution in [2.24, 2.45) is 0 Å². The average Bonchev–Trinajstić information content (AvgIpc) is 2.27. The molecule has 1 rings (SSSR count). The van der Waals surface area contributed by atoms with Crippen molar-refractivity contribution in [3.8, 4) is 0 Å². The normalized spacial score (nSPS) is 33.1. The van der Waals surface area contributed by atoms with Crippen LogP contribution in [0.4, 0.5) is 0 Å². The van der Waals surface area contributed by atoms with Crippen molar-refractivity contribution < 1.29 is 38.4 Å². The van der Waals surface area contributed by atoms with Crippen LogP contribution >= 0.6 is 0 Å². The second kappa shape index (κ2) is 6.67. The maximum atomic E-state index is 11.2. The monoisotopic (exact) mass is 290 g/mol. The van der Waals surface area contributed by atoms with Gasteiger partial charge < -0.3 is 24.1 Å². The highest BCUT2D eigenvalue weighted by Gasteiger charge is 2.49. The van der Waals surface area contributed by atoms with E-state index >= 15 is 0 Å². The van der Waals surface area contributed by atoms with E-state index in [4.69, 9.17) is 18.9 Å². The third-order valence-electron chi connectivity index (χ3n) is 2.65. The molecule has 5 atom stereocenters. The Bertz CT molecular complexity index is 365. The molecule has 114 valence electrons. The first-order chi connectivity index (χ1) is 9.22. The molecule has 0 aromatic heterocycles. The maximum absolute atomic E-state index is 11.2. The molecule has 20 heavy (non-hydrogen) atoms. The minimum absolute atomic E-state index is 0.611. The smallest absolute Gasteiger partial charge is 0.303 e. The first-order valence-electron chi connectivity index (χ1n) is 6.07. The highest BCUT2D eigenvalue weighted by Crippen LogP contribution is 2.27. The van der Waals surface area contributed by atoms with E-state index in [9.17, 15) is 19.5 Å². The minimum Gasteiger partial charge on any atom is -0.456 e. The molecule has 0 radical (unpaired) electrons. The molecule has 0 saturated carbocycles. The summed E-state index contributed by atoms with van der Waals surface area (Å²) in [6, 6.07) is 0. The van der Waals surface area contributed by atoms with Gasteiger partial charge in [0, 0.05) is 20.8 Å². The van der Waals surface area contributed by atoms with Crippen molar-refractivity contribution in [2.75, 3.05) is 0 Å². The molecule has 0 spiro atoms. The molecule has 0 bridgehead atoms. The Kier molecular flexibility index (Phi) is 5.46. The largest absolute Gasteiger partial charge is 0.456 e. The van der Waals surface area contributed by atoms with Crippen LogP contribution < -0.4 is 0 Å². The van der Waals surface area contributed by atoms with Crippen molar-refractivity contribution in [1.29, 1.82) is 0 Å². The highest BCUT2D eigenvalue weighted by molar-refractivity contribution is 5.68. The second-order valence-corrected chi connectivity index (χ2v) is 4.45. The van der Waals surface area contributed by atoms with Gasteiger partial charge in [-0.2, -0.15) is 0 Å². The Morgan fingerprint density at radius 3 is 1.70 bits per heavy atom. The zero-order chi connectivity index (χ0) is 15.4. The third-order valence-corrected chi connectivity index (χ3v) is 2.65. The molecule has 0 aliphatic carbocycles. The van der Waals surface area contributed by atoms with Crippen LogP contribution in [0.3, 0.4) is 0 Å². The SMILES string of the molecule is CC(=O)O[C@@H]1[C@@H](OC(C)=O)[C@H](O)O[C@H](C)[C@H]1OC(C)=O. The average molecular weight is 290 g/mol. The van der Waals surface area contributed by atoms with Gasteiger partial charge in [0.2, 0.25) is 0 Å². The van der Waals surface area contributed by atoms with E-state index < -0.39 is 48.6 Å². The number of carbonyl (C=O) groups excluding carboxylic acids is 3. The van der Waals surface area contributed by atoms with Gasteiger partial charge in [-0.05, 0) is 6.92 Å². The number of esters is 3. The van der Waals surface area contributed by atoms with Crippen LogP contribution in [-0.2, 0) is 33.3 Å². The van der Waals surface area contributed by atoms with Crippen LogP contribution in [-0.4, -0.2) is 53.7 Å². The van der Waals surface area contributed by atoms with Gasteiger partial charge in [0.15, 0.2) is 24.6 Å². The minimum atomic E-state index is -1.48. The summed E-state index contributed by atoms with van der Waals surface area (Å²) >= 11 is 0. The molecular formula is C12H18O8. The van der Waals surface area contributed by atoms with Gasteiger partial charge in [0.25, 0.3) is 0 Å². The van der Waals surface area contributed by atoms with Gasteiger partial charge >= 0.3 is 17.9 Å². The van der Waals surface area contributed by atoms with Crippen molar-refractivity contribution >= 4 is 17.9 Å². The lowest BCUT2D eigenvalue weighted by atomic mass is 9.99. The molecule has 1 fully saturated rings. The van der Waals surface area contributed by atoms with Gasteiger partial charge in [-0.15, -0.1) is 0 Å². The summed E-state index contributed by atoms with van der Waals surface area (Å²) in [7, 11) is 0. The number of ether oxygens (including phenoxy) is 4. The van der Waals surface area contributed by atoms with Gasteiger partial charge in [0.1, 0.15) is 0 Å². The molecular weight excluding hydrogens is 272 g/mol. The lowest BCUT2D eigenvalue weighted by Crippen LogP contribution is -2.60. The van der Waals surface area contributed by atoms with E-state index in [1.807, 2.05) is 0 Å². The van der Waals surface area contributed by atoms with E-state index in [2.05, 4.69) is 0 Å². The lowest BCUT2D eigenvalue weighted by molar-refractivity contribution is -0.288. The van der Waals surface area contributed by atoms with Gasteiger partial charge in [-0.3, -0.25) is 14.4 Å². The maximum Gasteiger partial charge on any atom is 0.303 e. The summed E-state index contributed by atoms with van der Waals surface area (Å²) in [5.74, 6) is -1.96. The molecule has 0 amide bonds. The van der Waals surface area contributed by atoms with Crippen molar-refractivity contribution in [3.05, 3.63) is 0 Å². The Morgan fingerprint density at radius 1 is 0.850 bits per heavy atom. The molecule has 1 saturated heterocycles. The molecule has 1 aliphatic rings.